The van der Waals surface area contributed by atoms with Crippen LogP contribution in [0.1, 0.15) is 36.7 Å². The molecule has 5 nitrogen and oxygen atoms in total. The van der Waals surface area contributed by atoms with E-state index >= 15 is 0 Å². The first kappa shape index (κ1) is 22.0. The molecule has 1 aromatic heterocycles. The fourth-order valence-corrected chi connectivity index (χ4v) is 3.99. The van der Waals surface area contributed by atoms with Crippen LogP contribution in [0.3, 0.4) is 0 Å². The van der Waals surface area contributed by atoms with Crippen molar-refractivity contribution < 1.29 is 14.1 Å². The number of carbonyl (C=O) groups is 1. The fraction of sp³-hybridized carbons (Fsp3) is 0.278. The number of nitrogens with zero attached hydrogens (tertiary/aromatic N) is 2. The molecule has 0 amide bonds. The third kappa shape index (κ3) is 5.86. The zero-order chi connectivity index (χ0) is 20.2. The van der Waals surface area contributed by atoms with Crippen LogP contribution in [0.5, 0.6) is 0 Å². The molecule has 2 rings (SSSR count). The minimum atomic E-state index is -1.43. The maximum atomic E-state index is 12.2. The summed E-state index contributed by atoms with van der Waals surface area (Å²) in [6.07, 6.45) is 3.04. The lowest BCUT2D eigenvalue weighted by atomic mass is 10.2. The number of halogens is 2. The SMILES string of the molecule is COC(=O)c1cccnc1Sc1c(Cl)cc(Cl)cc1/C=N\[S+]([O-])C(C)(C)C. The number of methoxy groups -OCH3 is 1. The van der Waals surface area contributed by atoms with Crippen molar-refractivity contribution in [2.75, 3.05) is 7.11 Å². The molecule has 1 atom stereocenters. The lowest BCUT2D eigenvalue weighted by molar-refractivity contribution is 0.0596. The molecule has 0 saturated heterocycles. The van der Waals surface area contributed by atoms with Gasteiger partial charge >= 0.3 is 5.97 Å². The molecule has 0 fully saturated rings. The van der Waals surface area contributed by atoms with Gasteiger partial charge in [-0.15, -0.1) is 0 Å². The van der Waals surface area contributed by atoms with Crippen LogP contribution in [0.2, 0.25) is 10.0 Å². The van der Waals surface area contributed by atoms with Crippen LogP contribution in [0.25, 0.3) is 0 Å². The monoisotopic (exact) mass is 444 g/mol. The van der Waals surface area contributed by atoms with Crippen LogP contribution < -0.4 is 0 Å². The molecule has 0 spiro atoms. The number of esters is 1. The third-order valence-corrected chi connectivity index (χ3v) is 6.38. The van der Waals surface area contributed by atoms with E-state index in [0.29, 0.717) is 31.1 Å². The number of ether oxygens (including phenoxy) is 1. The van der Waals surface area contributed by atoms with Gasteiger partial charge in [-0.1, -0.05) is 39.4 Å². The largest absolute Gasteiger partial charge is 0.591 e. The van der Waals surface area contributed by atoms with Crippen LogP contribution in [0.15, 0.2) is 44.8 Å². The molecule has 27 heavy (non-hydrogen) atoms. The van der Waals surface area contributed by atoms with E-state index in [0.717, 1.165) is 0 Å². The number of rotatable bonds is 5. The topological polar surface area (TPSA) is 74.6 Å². The number of benzene rings is 1. The maximum Gasteiger partial charge on any atom is 0.340 e. The summed E-state index contributed by atoms with van der Waals surface area (Å²) >= 11 is 12.2. The normalized spacial score (nSPS) is 13.0. The summed E-state index contributed by atoms with van der Waals surface area (Å²) in [4.78, 5) is 16.8. The van der Waals surface area contributed by atoms with Crippen molar-refractivity contribution in [2.45, 2.75) is 35.4 Å². The number of carbonyl (C=O) groups excluding carboxylic acids is 1. The van der Waals surface area contributed by atoms with Crippen molar-refractivity contribution in [3.8, 4) is 0 Å². The van der Waals surface area contributed by atoms with E-state index in [2.05, 4.69) is 9.38 Å². The van der Waals surface area contributed by atoms with Crippen molar-refractivity contribution in [1.82, 2.24) is 4.98 Å². The average molecular weight is 445 g/mol. The molecule has 0 bridgehead atoms. The van der Waals surface area contributed by atoms with Gasteiger partial charge < -0.3 is 9.29 Å². The zero-order valence-electron chi connectivity index (χ0n) is 15.2. The quantitative estimate of drug-likeness (QED) is 0.359. The minimum Gasteiger partial charge on any atom is -0.591 e. The molecule has 2 aromatic rings. The number of aromatic nitrogens is 1. The molecule has 0 aliphatic rings. The highest BCUT2D eigenvalue weighted by Gasteiger charge is 2.26. The predicted octanol–water partition coefficient (Wildman–Crippen LogP) is 5.21. The number of hydrogen-bond acceptors (Lipinski definition) is 6. The second-order valence-electron chi connectivity index (χ2n) is 6.35. The van der Waals surface area contributed by atoms with Crippen molar-refractivity contribution in [3.63, 3.8) is 0 Å². The van der Waals surface area contributed by atoms with Gasteiger partial charge in [-0.2, -0.15) is 0 Å². The Hall–Kier alpha value is -1.25. The minimum absolute atomic E-state index is 0.317. The van der Waals surface area contributed by atoms with Crippen LogP contribution in [0.4, 0.5) is 0 Å². The summed E-state index contributed by atoms with van der Waals surface area (Å²) < 4.78 is 20.7. The molecular weight excluding hydrogens is 427 g/mol. The van der Waals surface area contributed by atoms with Crippen molar-refractivity contribution in [1.29, 1.82) is 0 Å². The van der Waals surface area contributed by atoms with Gasteiger partial charge in [-0.05, 0) is 45.0 Å². The standard InChI is InChI=1S/C18H18Cl2N2O3S2/c1-18(2,3)27(24)22-10-11-8-12(19)9-14(20)15(11)26-16-13(17(23)25-4)6-5-7-21-16/h5-10H,1-4H3/b22-10-. The Balaban J connectivity index is 2.47. The van der Waals surface area contributed by atoms with Crippen LogP contribution in [-0.2, 0) is 16.1 Å². The summed E-state index contributed by atoms with van der Waals surface area (Å²) in [6.45, 7) is 5.49. The lowest BCUT2D eigenvalue weighted by Gasteiger charge is -2.18. The van der Waals surface area contributed by atoms with Crippen LogP contribution >= 0.6 is 35.0 Å². The number of hydrogen-bond donors (Lipinski definition) is 0. The lowest BCUT2D eigenvalue weighted by Crippen LogP contribution is -2.25. The molecule has 0 radical (unpaired) electrons. The molecular formula is C18H18Cl2N2O3S2. The van der Waals surface area contributed by atoms with Gasteiger partial charge in [0.2, 0.25) is 0 Å². The van der Waals surface area contributed by atoms with Crippen molar-refractivity contribution in [2.24, 2.45) is 4.40 Å². The fourth-order valence-electron chi connectivity index (χ4n) is 1.88. The summed E-state index contributed by atoms with van der Waals surface area (Å²) in [5.41, 5.74) is 0.897. The highest BCUT2D eigenvalue weighted by Crippen LogP contribution is 2.38. The highest BCUT2D eigenvalue weighted by atomic mass is 35.5. The molecule has 9 heteroatoms. The zero-order valence-corrected chi connectivity index (χ0v) is 18.3. The Morgan fingerprint density at radius 2 is 2.07 bits per heavy atom. The van der Waals surface area contributed by atoms with E-state index in [4.69, 9.17) is 27.9 Å². The van der Waals surface area contributed by atoms with Gasteiger partial charge in [0.1, 0.15) is 21.1 Å². The smallest absolute Gasteiger partial charge is 0.340 e. The van der Waals surface area contributed by atoms with Crippen LogP contribution in [-0.4, -0.2) is 33.6 Å². The third-order valence-electron chi connectivity index (χ3n) is 3.22. The van der Waals surface area contributed by atoms with E-state index in [9.17, 15) is 9.35 Å². The Kier molecular flexibility index (Phi) is 7.59. The summed E-state index contributed by atoms with van der Waals surface area (Å²) in [7, 11) is 1.30. The maximum absolute atomic E-state index is 12.2. The molecule has 1 unspecified atom stereocenters. The van der Waals surface area contributed by atoms with E-state index < -0.39 is 22.1 Å². The van der Waals surface area contributed by atoms with Crippen molar-refractivity contribution >= 4 is 58.5 Å². The van der Waals surface area contributed by atoms with Gasteiger partial charge in [0.25, 0.3) is 0 Å². The first-order valence-corrected chi connectivity index (χ1v) is 10.5. The number of pyridine rings is 1. The summed E-state index contributed by atoms with van der Waals surface area (Å²) in [5, 5.41) is 1.22. The van der Waals surface area contributed by atoms with Crippen LogP contribution in [0, 0.1) is 0 Å². The van der Waals surface area contributed by atoms with E-state index in [1.165, 1.54) is 25.1 Å². The molecule has 0 N–H and O–H groups in total. The molecule has 1 heterocycles. The van der Waals surface area contributed by atoms with E-state index in [1.807, 2.05) is 20.8 Å². The predicted molar refractivity (Wildman–Crippen MR) is 112 cm³/mol. The Morgan fingerprint density at radius 3 is 2.70 bits per heavy atom. The first-order chi connectivity index (χ1) is 12.6. The molecule has 1 aromatic carbocycles. The Morgan fingerprint density at radius 1 is 1.37 bits per heavy atom. The highest BCUT2D eigenvalue weighted by molar-refractivity contribution is 7.99. The van der Waals surface area contributed by atoms with Gasteiger partial charge in [-0.3, -0.25) is 0 Å². The summed E-state index contributed by atoms with van der Waals surface area (Å²) in [5.74, 6) is -0.500. The second-order valence-corrected chi connectivity index (χ2v) is 10.1. The average Bonchev–Trinajstić information content (AvgIpc) is 2.61. The van der Waals surface area contributed by atoms with Gasteiger partial charge in [0.15, 0.2) is 0 Å². The van der Waals surface area contributed by atoms with Crippen molar-refractivity contribution in [3.05, 3.63) is 51.6 Å². The molecule has 0 saturated carbocycles. The molecule has 0 aliphatic carbocycles. The Bertz CT molecular complexity index is 870. The van der Waals surface area contributed by atoms with E-state index in [1.54, 1.807) is 30.5 Å². The first-order valence-electron chi connectivity index (χ1n) is 7.79. The van der Waals surface area contributed by atoms with Gasteiger partial charge in [-0.25, -0.2) is 9.78 Å². The summed E-state index contributed by atoms with van der Waals surface area (Å²) in [6, 6.07) is 6.52. The Labute approximate surface area is 175 Å². The second kappa shape index (κ2) is 9.30. The van der Waals surface area contributed by atoms with E-state index in [-0.39, 0.29) is 0 Å². The van der Waals surface area contributed by atoms with Gasteiger partial charge in [0.05, 0.1) is 23.9 Å². The molecule has 144 valence electrons. The van der Waals surface area contributed by atoms with Gasteiger partial charge in [0, 0.05) is 21.7 Å². The molecule has 0 aliphatic heterocycles.